The number of likely N-dealkylation sites (tertiary alicyclic amines) is 1. The first-order chi connectivity index (χ1) is 4.20. The van der Waals surface area contributed by atoms with Gasteiger partial charge in [-0.1, -0.05) is 13.5 Å². The van der Waals surface area contributed by atoms with Gasteiger partial charge in [-0.2, -0.15) is 0 Å². The van der Waals surface area contributed by atoms with E-state index in [9.17, 15) is 0 Å². The molecule has 0 aromatic rings. The van der Waals surface area contributed by atoms with Crippen molar-refractivity contribution < 1.29 is 0 Å². The van der Waals surface area contributed by atoms with E-state index in [0.29, 0.717) is 0 Å². The van der Waals surface area contributed by atoms with Crippen molar-refractivity contribution in [3.8, 4) is 0 Å². The summed E-state index contributed by atoms with van der Waals surface area (Å²) >= 11 is 0. The van der Waals surface area contributed by atoms with Crippen molar-refractivity contribution in [2.45, 2.75) is 13.3 Å². The lowest BCUT2D eigenvalue weighted by Crippen LogP contribution is -2.23. The summed E-state index contributed by atoms with van der Waals surface area (Å²) in [4.78, 5) is 2.13. The molecule has 0 aromatic carbocycles. The molecule has 0 spiro atoms. The lowest BCUT2D eigenvalue weighted by molar-refractivity contribution is 0.408. The first-order valence-corrected chi connectivity index (χ1v) is 3.39. The summed E-state index contributed by atoms with van der Waals surface area (Å²) in [5.41, 5.74) is 5.49. The molecular formula is C7H14N2. The van der Waals surface area contributed by atoms with E-state index in [1.165, 1.54) is 6.42 Å². The first kappa shape index (κ1) is 6.46. The van der Waals surface area contributed by atoms with Gasteiger partial charge < -0.3 is 10.6 Å². The molecule has 2 nitrogen and oxygen atoms in total. The molecule has 1 atom stereocenters. The van der Waals surface area contributed by atoms with Crippen LogP contribution in [-0.2, 0) is 0 Å². The Hall–Kier alpha value is -0.660. The van der Waals surface area contributed by atoms with E-state index in [4.69, 9.17) is 5.73 Å². The molecule has 0 unspecified atom stereocenters. The second kappa shape index (κ2) is 2.29. The molecule has 52 valence electrons. The van der Waals surface area contributed by atoms with E-state index < -0.39 is 0 Å². The number of nitrogens with two attached hydrogens (primary N) is 1. The van der Waals surface area contributed by atoms with Crippen LogP contribution in [0.2, 0.25) is 0 Å². The quantitative estimate of drug-likeness (QED) is 0.562. The number of nitrogens with zero attached hydrogens (tertiary/aromatic N) is 1. The summed E-state index contributed by atoms with van der Waals surface area (Å²) in [6.07, 6.45) is 1.26. The molecule has 1 aliphatic rings. The SMILES string of the molecule is C=C(N)N1CC[C@@H](C)C1. The monoisotopic (exact) mass is 126 g/mol. The molecule has 2 heteroatoms. The Labute approximate surface area is 56.3 Å². The summed E-state index contributed by atoms with van der Waals surface area (Å²) in [6.45, 7) is 8.10. The smallest absolute Gasteiger partial charge is 0.0912 e. The van der Waals surface area contributed by atoms with Crippen LogP contribution in [0.25, 0.3) is 0 Å². The Bertz CT molecular complexity index is 120. The van der Waals surface area contributed by atoms with Crippen molar-refractivity contribution >= 4 is 0 Å². The second-order valence-electron chi connectivity index (χ2n) is 2.83. The minimum Gasteiger partial charge on any atom is -0.386 e. The van der Waals surface area contributed by atoms with E-state index in [1.54, 1.807) is 0 Å². The summed E-state index contributed by atoms with van der Waals surface area (Å²) in [7, 11) is 0. The lowest BCUT2D eigenvalue weighted by atomic mass is 10.2. The minimum absolute atomic E-state index is 0.722. The molecule has 2 N–H and O–H groups in total. The van der Waals surface area contributed by atoms with E-state index in [1.807, 2.05) is 0 Å². The Balaban J connectivity index is 2.39. The molecular weight excluding hydrogens is 112 g/mol. The maximum atomic E-state index is 5.49. The molecule has 0 saturated carbocycles. The Kier molecular flexibility index (Phi) is 1.65. The zero-order valence-corrected chi connectivity index (χ0v) is 5.93. The topological polar surface area (TPSA) is 29.3 Å². The molecule has 1 rings (SSSR count). The molecule has 1 heterocycles. The largest absolute Gasteiger partial charge is 0.386 e. The number of rotatable bonds is 1. The van der Waals surface area contributed by atoms with Gasteiger partial charge in [0, 0.05) is 13.1 Å². The highest BCUT2D eigenvalue weighted by Gasteiger charge is 2.17. The normalized spacial score (nSPS) is 26.8. The zero-order chi connectivity index (χ0) is 6.85. The third-order valence-electron chi connectivity index (χ3n) is 1.83. The Morgan fingerprint density at radius 3 is 2.67 bits per heavy atom. The van der Waals surface area contributed by atoms with Gasteiger partial charge in [0.05, 0.1) is 5.82 Å². The molecule has 9 heavy (non-hydrogen) atoms. The van der Waals surface area contributed by atoms with Crippen LogP contribution in [0, 0.1) is 5.92 Å². The van der Waals surface area contributed by atoms with E-state index in [0.717, 1.165) is 24.8 Å². The molecule has 1 saturated heterocycles. The van der Waals surface area contributed by atoms with Crippen LogP contribution in [0.3, 0.4) is 0 Å². The van der Waals surface area contributed by atoms with E-state index in [-0.39, 0.29) is 0 Å². The highest BCUT2D eigenvalue weighted by molar-refractivity contribution is 4.90. The van der Waals surface area contributed by atoms with Gasteiger partial charge in [-0.3, -0.25) is 0 Å². The molecule has 0 aromatic heterocycles. The van der Waals surface area contributed by atoms with Gasteiger partial charge in [0.25, 0.3) is 0 Å². The Morgan fingerprint density at radius 2 is 2.44 bits per heavy atom. The van der Waals surface area contributed by atoms with Gasteiger partial charge >= 0.3 is 0 Å². The number of hydrogen-bond acceptors (Lipinski definition) is 2. The van der Waals surface area contributed by atoms with Crippen molar-refractivity contribution in [2.24, 2.45) is 11.7 Å². The van der Waals surface area contributed by atoms with Crippen LogP contribution in [0.5, 0.6) is 0 Å². The van der Waals surface area contributed by atoms with Gasteiger partial charge in [0.1, 0.15) is 0 Å². The first-order valence-electron chi connectivity index (χ1n) is 3.39. The fourth-order valence-corrected chi connectivity index (χ4v) is 1.20. The fraction of sp³-hybridized carbons (Fsp3) is 0.714. The van der Waals surface area contributed by atoms with Crippen LogP contribution in [-0.4, -0.2) is 18.0 Å². The highest BCUT2D eigenvalue weighted by Crippen LogP contribution is 2.16. The maximum absolute atomic E-state index is 5.49. The van der Waals surface area contributed by atoms with Crippen LogP contribution in [0.4, 0.5) is 0 Å². The average Bonchev–Trinajstić information content (AvgIpc) is 2.14. The Morgan fingerprint density at radius 1 is 1.78 bits per heavy atom. The van der Waals surface area contributed by atoms with E-state index in [2.05, 4.69) is 18.4 Å². The maximum Gasteiger partial charge on any atom is 0.0912 e. The highest BCUT2D eigenvalue weighted by atomic mass is 15.2. The van der Waals surface area contributed by atoms with Crippen molar-refractivity contribution in [2.75, 3.05) is 13.1 Å². The van der Waals surface area contributed by atoms with Gasteiger partial charge in [0.2, 0.25) is 0 Å². The van der Waals surface area contributed by atoms with Crippen LogP contribution in [0.15, 0.2) is 12.4 Å². The summed E-state index contributed by atoms with van der Waals surface area (Å²) in [6, 6.07) is 0. The van der Waals surface area contributed by atoms with Crippen molar-refractivity contribution in [1.29, 1.82) is 0 Å². The molecule has 0 radical (unpaired) electrons. The summed E-state index contributed by atoms with van der Waals surface area (Å²) < 4.78 is 0. The van der Waals surface area contributed by atoms with Gasteiger partial charge in [-0.25, -0.2) is 0 Å². The van der Waals surface area contributed by atoms with E-state index >= 15 is 0 Å². The minimum atomic E-state index is 0.722. The molecule has 0 bridgehead atoms. The third-order valence-corrected chi connectivity index (χ3v) is 1.83. The molecule has 0 aliphatic carbocycles. The van der Waals surface area contributed by atoms with Gasteiger partial charge in [0.15, 0.2) is 0 Å². The summed E-state index contributed by atoms with van der Waals surface area (Å²) in [5, 5.41) is 0. The van der Waals surface area contributed by atoms with Crippen LogP contribution < -0.4 is 5.73 Å². The zero-order valence-electron chi connectivity index (χ0n) is 5.93. The predicted molar refractivity (Wildman–Crippen MR) is 38.7 cm³/mol. The second-order valence-corrected chi connectivity index (χ2v) is 2.83. The van der Waals surface area contributed by atoms with Gasteiger partial charge in [-0.05, 0) is 12.3 Å². The number of hydrogen-bond donors (Lipinski definition) is 1. The van der Waals surface area contributed by atoms with Crippen molar-refractivity contribution in [1.82, 2.24) is 4.90 Å². The molecule has 0 amide bonds. The molecule has 1 aliphatic heterocycles. The van der Waals surface area contributed by atoms with Crippen LogP contribution >= 0.6 is 0 Å². The third kappa shape index (κ3) is 1.37. The predicted octanol–water partition coefficient (Wildman–Crippen LogP) is 0.758. The van der Waals surface area contributed by atoms with Crippen molar-refractivity contribution in [3.63, 3.8) is 0 Å². The van der Waals surface area contributed by atoms with Gasteiger partial charge in [-0.15, -0.1) is 0 Å². The summed E-state index contributed by atoms with van der Waals surface area (Å²) in [5.74, 6) is 1.52. The lowest BCUT2D eigenvalue weighted by Gasteiger charge is -2.15. The van der Waals surface area contributed by atoms with Crippen molar-refractivity contribution in [3.05, 3.63) is 12.4 Å². The standard InChI is InChI=1S/C7H14N2/c1-6-3-4-9(5-6)7(2)8/h6H,2-5,8H2,1H3/t6-/m1/s1. The fourth-order valence-electron chi connectivity index (χ4n) is 1.20. The average molecular weight is 126 g/mol. The molecule has 1 fully saturated rings. The van der Waals surface area contributed by atoms with Crippen LogP contribution in [0.1, 0.15) is 13.3 Å².